The van der Waals surface area contributed by atoms with Gasteiger partial charge in [-0.1, -0.05) is 12.1 Å². The summed E-state index contributed by atoms with van der Waals surface area (Å²) in [5, 5.41) is 7.52. The molecule has 1 aromatic carbocycles. The lowest BCUT2D eigenvalue weighted by Crippen LogP contribution is -2.27. The highest BCUT2D eigenvalue weighted by Crippen LogP contribution is 2.37. The Balaban J connectivity index is 1.74. The molecule has 2 atom stereocenters. The normalized spacial score (nSPS) is 20.4. The highest BCUT2D eigenvalue weighted by Gasteiger charge is 2.32. The van der Waals surface area contributed by atoms with Gasteiger partial charge in [0.2, 0.25) is 11.9 Å². The van der Waals surface area contributed by atoms with Gasteiger partial charge in [0.15, 0.2) is 0 Å². The molecule has 0 saturated carbocycles. The van der Waals surface area contributed by atoms with Crippen LogP contribution in [0.3, 0.4) is 0 Å². The van der Waals surface area contributed by atoms with E-state index in [0.29, 0.717) is 12.4 Å². The van der Waals surface area contributed by atoms with Gasteiger partial charge in [0, 0.05) is 6.42 Å². The Kier molecular flexibility index (Phi) is 2.85. The maximum Gasteiger partial charge on any atom is 0.241 e. The van der Waals surface area contributed by atoms with E-state index >= 15 is 0 Å². The van der Waals surface area contributed by atoms with E-state index in [4.69, 9.17) is 10.2 Å². The van der Waals surface area contributed by atoms with Crippen molar-refractivity contribution in [3.63, 3.8) is 0 Å². The number of fused-ring (bicyclic) bond motifs is 1. The van der Waals surface area contributed by atoms with Crippen molar-refractivity contribution in [2.45, 2.75) is 18.5 Å². The molecule has 0 saturated heterocycles. The van der Waals surface area contributed by atoms with Gasteiger partial charge in [0.1, 0.15) is 17.6 Å². The highest BCUT2D eigenvalue weighted by molar-refractivity contribution is 5.40. The molecule has 0 spiro atoms. The molecule has 2 aromatic heterocycles. The fourth-order valence-corrected chi connectivity index (χ4v) is 2.83. The summed E-state index contributed by atoms with van der Waals surface area (Å²) in [5.74, 6) is 1.33. The number of furan rings is 1. The summed E-state index contributed by atoms with van der Waals surface area (Å²) in [5.41, 5.74) is 6.69. The molecule has 0 bridgehead atoms. The van der Waals surface area contributed by atoms with Gasteiger partial charge in [-0.2, -0.15) is 4.98 Å². The number of nitrogens with zero attached hydrogens (tertiary/aromatic N) is 3. The fraction of sp³-hybridized carbons (Fsp3) is 0.200. The molecule has 0 aliphatic carbocycles. The van der Waals surface area contributed by atoms with Crippen LogP contribution in [0.15, 0.2) is 47.1 Å². The number of rotatable bonds is 2. The second-order valence-electron chi connectivity index (χ2n) is 5.25. The van der Waals surface area contributed by atoms with Gasteiger partial charge in [0.25, 0.3) is 0 Å². The molecule has 1 aliphatic heterocycles. The van der Waals surface area contributed by atoms with Crippen LogP contribution in [0, 0.1) is 5.82 Å². The summed E-state index contributed by atoms with van der Waals surface area (Å²) >= 11 is 0. The average molecular weight is 299 g/mol. The first kappa shape index (κ1) is 12.9. The molecule has 7 heteroatoms. The summed E-state index contributed by atoms with van der Waals surface area (Å²) in [6, 6.07) is 10.0. The van der Waals surface area contributed by atoms with E-state index in [1.54, 1.807) is 23.1 Å². The molecule has 0 radical (unpaired) electrons. The van der Waals surface area contributed by atoms with E-state index in [9.17, 15) is 4.39 Å². The van der Waals surface area contributed by atoms with E-state index in [-0.39, 0.29) is 23.8 Å². The maximum atomic E-state index is 13.1. The molecule has 0 unspecified atom stereocenters. The van der Waals surface area contributed by atoms with Crippen LogP contribution in [0.25, 0.3) is 0 Å². The van der Waals surface area contributed by atoms with Gasteiger partial charge < -0.3 is 15.5 Å². The van der Waals surface area contributed by atoms with Crippen LogP contribution < -0.4 is 11.1 Å². The van der Waals surface area contributed by atoms with E-state index in [2.05, 4.69) is 15.4 Å². The van der Waals surface area contributed by atoms with Gasteiger partial charge in [-0.15, -0.1) is 5.10 Å². The van der Waals surface area contributed by atoms with Gasteiger partial charge in [-0.05, 0) is 29.8 Å². The number of benzene rings is 1. The zero-order valence-electron chi connectivity index (χ0n) is 11.6. The van der Waals surface area contributed by atoms with Gasteiger partial charge in [-0.3, -0.25) is 0 Å². The third kappa shape index (κ3) is 2.11. The average Bonchev–Trinajstić information content (AvgIpc) is 3.15. The Morgan fingerprint density at radius 1 is 1.27 bits per heavy atom. The van der Waals surface area contributed by atoms with Gasteiger partial charge >= 0.3 is 0 Å². The number of aromatic nitrogens is 3. The number of hydrogen-bond acceptors (Lipinski definition) is 5. The monoisotopic (exact) mass is 299 g/mol. The van der Waals surface area contributed by atoms with Gasteiger partial charge in [-0.25, -0.2) is 9.07 Å². The van der Waals surface area contributed by atoms with E-state index in [1.807, 2.05) is 12.1 Å². The van der Waals surface area contributed by atoms with Crippen molar-refractivity contribution in [2.75, 3.05) is 11.1 Å². The van der Waals surface area contributed by atoms with Crippen molar-refractivity contribution in [2.24, 2.45) is 0 Å². The Morgan fingerprint density at radius 2 is 2.09 bits per heavy atom. The SMILES string of the molecule is Nc1nc2n(n1)[C@@H](c1ccco1)C[C@H](c1ccc(F)cc1)N2. The summed E-state index contributed by atoms with van der Waals surface area (Å²) in [6.45, 7) is 0. The zero-order chi connectivity index (χ0) is 15.1. The quantitative estimate of drug-likeness (QED) is 0.760. The Hall–Kier alpha value is -2.83. The molecular formula is C15H14FN5O. The van der Waals surface area contributed by atoms with Crippen LogP contribution in [-0.4, -0.2) is 14.8 Å². The summed E-state index contributed by atoms with van der Waals surface area (Å²) in [6.07, 6.45) is 2.33. The topological polar surface area (TPSA) is 81.9 Å². The predicted molar refractivity (Wildman–Crippen MR) is 78.7 cm³/mol. The molecule has 3 N–H and O–H groups in total. The lowest BCUT2D eigenvalue weighted by molar-refractivity contribution is 0.359. The Labute approximate surface area is 125 Å². The van der Waals surface area contributed by atoms with Crippen LogP contribution in [0.1, 0.15) is 29.8 Å². The summed E-state index contributed by atoms with van der Waals surface area (Å²) in [4.78, 5) is 4.21. The fourth-order valence-electron chi connectivity index (χ4n) is 2.83. The summed E-state index contributed by atoms with van der Waals surface area (Å²) < 4.78 is 20.4. The third-order valence-corrected chi connectivity index (χ3v) is 3.85. The van der Waals surface area contributed by atoms with Crippen LogP contribution in [0.5, 0.6) is 0 Å². The molecule has 1 aliphatic rings. The van der Waals surface area contributed by atoms with Crippen molar-refractivity contribution in [3.8, 4) is 0 Å². The number of anilines is 2. The third-order valence-electron chi connectivity index (χ3n) is 3.85. The lowest BCUT2D eigenvalue weighted by atomic mass is 9.96. The van der Waals surface area contributed by atoms with E-state index in [1.165, 1.54) is 12.1 Å². The first-order chi connectivity index (χ1) is 10.7. The Bertz CT molecular complexity index is 781. The molecule has 6 nitrogen and oxygen atoms in total. The molecular weight excluding hydrogens is 285 g/mol. The number of nitrogen functional groups attached to an aromatic ring is 1. The zero-order valence-corrected chi connectivity index (χ0v) is 11.6. The van der Waals surface area contributed by atoms with Crippen molar-refractivity contribution >= 4 is 11.9 Å². The number of hydrogen-bond donors (Lipinski definition) is 2. The second-order valence-corrected chi connectivity index (χ2v) is 5.25. The minimum absolute atomic E-state index is 0.0215. The van der Waals surface area contributed by atoms with Gasteiger partial charge in [0.05, 0.1) is 12.3 Å². The highest BCUT2D eigenvalue weighted by atomic mass is 19.1. The number of nitrogens with one attached hydrogen (secondary N) is 1. The van der Waals surface area contributed by atoms with E-state index in [0.717, 1.165) is 11.3 Å². The minimum atomic E-state index is -0.255. The molecule has 4 rings (SSSR count). The van der Waals surface area contributed by atoms with Crippen LogP contribution in [0.2, 0.25) is 0 Å². The largest absolute Gasteiger partial charge is 0.467 e. The molecule has 0 fully saturated rings. The first-order valence-electron chi connectivity index (χ1n) is 6.98. The number of halogens is 1. The van der Waals surface area contributed by atoms with Crippen LogP contribution >= 0.6 is 0 Å². The molecule has 22 heavy (non-hydrogen) atoms. The number of nitrogens with two attached hydrogens (primary N) is 1. The Morgan fingerprint density at radius 3 is 2.82 bits per heavy atom. The second kappa shape index (κ2) is 4.87. The smallest absolute Gasteiger partial charge is 0.241 e. The van der Waals surface area contributed by atoms with E-state index < -0.39 is 0 Å². The molecule has 112 valence electrons. The van der Waals surface area contributed by atoms with Crippen molar-refractivity contribution in [3.05, 3.63) is 59.8 Å². The van der Waals surface area contributed by atoms with Crippen molar-refractivity contribution < 1.29 is 8.81 Å². The predicted octanol–water partition coefficient (Wildman–Crippen LogP) is 2.74. The summed E-state index contributed by atoms with van der Waals surface area (Å²) in [7, 11) is 0. The molecule has 3 aromatic rings. The first-order valence-corrected chi connectivity index (χ1v) is 6.98. The van der Waals surface area contributed by atoms with Crippen molar-refractivity contribution in [1.29, 1.82) is 0 Å². The van der Waals surface area contributed by atoms with Crippen LogP contribution in [0.4, 0.5) is 16.3 Å². The lowest BCUT2D eigenvalue weighted by Gasteiger charge is -2.30. The molecule has 0 amide bonds. The van der Waals surface area contributed by atoms with Crippen LogP contribution in [-0.2, 0) is 0 Å². The maximum absolute atomic E-state index is 13.1. The molecule has 3 heterocycles. The minimum Gasteiger partial charge on any atom is -0.467 e. The standard InChI is InChI=1S/C15H14FN5O/c16-10-5-3-9(4-6-10)11-8-12(13-2-1-7-22-13)21-15(18-11)19-14(17)20-21/h1-7,11-12H,8H2,(H3,17,18,19,20)/t11-,12-/m1/s1. The van der Waals surface area contributed by atoms with Crippen molar-refractivity contribution in [1.82, 2.24) is 14.8 Å².